The highest BCUT2D eigenvalue weighted by Gasteiger charge is 2.33. The first kappa shape index (κ1) is 18.3. The smallest absolute Gasteiger partial charge is 0.214 e. The average Bonchev–Trinajstić information content (AvgIpc) is 2.86. The molecule has 0 amide bonds. The predicted octanol–water partition coefficient (Wildman–Crippen LogP) is 0.898. The number of sulfonamides is 1. The molecule has 0 bridgehead atoms. The molecule has 7 heteroatoms. The van der Waals surface area contributed by atoms with E-state index in [1.54, 1.807) is 20.3 Å². The first-order valence-electron chi connectivity index (χ1n) is 8.00. The van der Waals surface area contributed by atoms with Crippen LogP contribution in [0.15, 0.2) is 24.5 Å². The Kier molecular flexibility index (Phi) is 6.13. The van der Waals surface area contributed by atoms with Crippen molar-refractivity contribution in [3.63, 3.8) is 0 Å². The molecule has 1 fully saturated rings. The number of rotatable bonds is 7. The van der Waals surface area contributed by atoms with Crippen molar-refractivity contribution in [2.24, 2.45) is 5.92 Å². The van der Waals surface area contributed by atoms with E-state index in [-0.39, 0.29) is 5.75 Å². The number of likely N-dealkylation sites (tertiary alicyclic amines) is 1. The molecule has 6 nitrogen and oxygen atoms in total. The minimum atomic E-state index is -3.13. The van der Waals surface area contributed by atoms with Crippen LogP contribution >= 0.6 is 0 Å². The van der Waals surface area contributed by atoms with Gasteiger partial charge in [-0.25, -0.2) is 12.7 Å². The number of hydrogen-bond acceptors (Lipinski definition) is 5. The fourth-order valence-electron chi connectivity index (χ4n) is 3.24. The quantitative estimate of drug-likeness (QED) is 0.738. The second kappa shape index (κ2) is 7.70. The molecular weight excluding hydrogens is 312 g/mol. The average molecular weight is 340 g/mol. The molecular formula is C16H28N4O2S. The van der Waals surface area contributed by atoms with Crippen LogP contribution in [0.25, 0.3) is 0 Å². The lowest BCUT2D eigenvalue weighted by Gasteiger charge is -2.28. The molecule has 0 saturated carbocycles. The van der Waals surface area contributed by atoms with Crippen molar-refractivity contribution in [2.45, 2.75) is 12.5 Å². The van der Waals surface area contributed by atoms with E-state index in [0.717, 1.165) is 19.5 Å². The third-order valence-electron chi connectivity index (χ3n) is 4.63. The standard InChI is InChI=1S/C16H28N4O2S/c1-18(2)23(21,22)11-10-19(3)13-15-7-9-20(4)16(15)14-6-5-8-17-12-14/h5-6,8,12,15-16H,7,9-11,13H2,1-4H3/t15-,16-/m0/s1. The highest BCUT2D eigenvalue weighted by molar-refractivity contribution is 7.89. The highest BCUT2D eigenvalue weighted by Crippen LogP contribution is 2.35. The van der Waals surface area contributed by atoms with Crippen LogP contribution in [0.3, 0.4) is 0 Å². The predicted molar refractivity (Wildman–Crippen MR) is 92.7 cm³/mol. The second-order valence-electron chi connectivity index (χ2n) is 6.62. The maximum Gasteiger partial charge on any atom is 0.214 e. The fourth-order valence-corrected chi connectivity index (χ4v) is 4.15. The van der Waals surface area contributed by atoms with E-state index < -0.39 is 10.0 Å². The van der Waals surface area contributed by atoms with E-state index in [1.165, 1.54) is 9.87 Å². The Hall–Kier alpha value is -1.02. The van der Waals surface area contributed by atoms with Crippen LogP contribution in [0.4, 0.5) is 0 Å². The highest BCUT2D eigenvalue weighted by atomic mass is 32.2. The molecule has 2 heterocycles. The molecule has 1 saturated heterocycles. The van der Waals surface area contributed by atoms with E-state index >= 15 is 0 Å². The Morgan fingerprint density at radius 2 is 2.09 bits per heavy atom. The molecule has 130 valence electrons. The van der Waals surface area contributed by atoms with Gasteiger partial charge in [-0.05, 0) is 44.6 Å². The van der Waals surface area contributed by atoms with E-state index in [2.05, 4.69) is 27.9 Å². The molecule has 1 aliphatic rings. The summed E-state index contributed by atoms with van der Waals surface area (Å²) in [6.45, 7) is 2.52. The van der Waals surface area contributed by atoms with E-state index in [0.29, 0.717) is 18.5 Å². The van der Waals surface area contributed by atoms with Crippen molar-refractivity contribution in [2.75, 3.05) is 53.6 Å². The molecule has 0 unspecified atom stereocenters. The van der Waals surface area contributed by atoms with Crippen LogP contribution in [0.5, 0.6) is 0 Å². The number of nitrogens with zero attached hydrogens (tertiary/aromatic N) is 4. The zero-order valence-electron chi connectivity index (χ0n) is 14.5. The summed E-state index contributed by atoms with van der Waals surface area (Å²) in [5.41, 5.74) is 1.24. The fraction of sp³-hybridized carbons (Fsp3) is 0.688. The second-order valence-corrected chi connectivity index (χ2v) is 8.92. The summed E-state index contributed by atoms with van der Waals surface area (Å²) in [5.74, 6) is 0.660. The van der Waals surface area contributed by atoms with Crippen molar-refractivity contribution in [3.05, 3.63) is 30.1 Å². The summed E-state index contributed by atoms with van der Waals surface area (Å²) in [4.78, 5) is 8.74. The maximum atomic E-state index is 11.9. The summed E-state index contributed by atoms with van der Waals surface area (Å²) in [6.07, 6.45) is 4.86. The van der Waals surface area contributed by atoms with E-state index in [4.69, 9.17) is 0 Å². The van der Waals surface area contributed by atoms with Crippen molar-refractivity contribution < 1.29 is 8.42 Å². The normalized spacial score (nSPS) is 23.0. The maximum absolute atomic E-state index is 11.9. The first-order valence-corrected chi connectivity index (χ1v) is 9.61. The van der Waals surface area contributed by atoms with Crippen molar-refractivity contribution in [1.29, 1.82) is 0 Å². The summed E-state index contributed by atoms with van der Waals surface area (Å²) in [6, 6.07) is 4.46. The van der Waals surface area contributed by atoms with Crippen LogP contribution < -0.4 is 0 Å². The monoisotopic (exact) mass is 340 g/mol. The molecule has 2 rings (SSSR count). The molecule has 0 aromatic carbocycles. The lowest BCUT2D eigenvalue weighted by molar-refractivity contribution is 0.223. The van der Waals surface area contributed by atoms with Crippen LogP contribution in [-0.4, -0.2) is 81.1 Å². The van der Waals surface area contributed by atoms with Crippen molar-refractivity contribution in [3.8, 4) is 0 Å². The van der Waals surface area contributed by atoms with Gasteiger partial charge in [0, 0.05) is 45.6 Å². The zero-order valence-corrected chi connectivity index (χ0v) is 15.3. The molecule has 1 aromatic rings. The summed E-state index contributed by atoms with van der Waals surface area (Å²) >= 11 is 0. The SMILES string of the molecule is CN(CCS(=O)(=O)N(C)C)C[C@@H]1CCN(C)[C@H]1c1cccnc1. The third-order valence-corrected chi connectivity index (χ3v) is 6.44. The van der Waals surface area contributed by atoms with Gasteiger partial charge in [0.05, 0.1) is 5.75 Å². The van der Waals surface area contributed by atoms with E-state index in [1.807, 2.05) is 19.3 Å². The zero-order chi connectivity index (χ0) is 17.0. The van der Waals surface area contributed by atoms with Crippen LogP contribution in [-0.2, 0) is 10.0 Å². The van der Waals surface area contributed by atoms with Gasteiger partial charge in [-0.3, -0.25) is 9.88 Å². The topological polar surface area (TPSA) is 56.8 Å². The van der Waals surface area contributed by atoms with Gasteiger partial charge in [0.1, 0.15) is 0 Å². The molecule has 23 heavy (non-hydrogen) atoms. The van der Waals surface area contributed by atoms with Crippen molar-refractivity contribution in [1.82, 2.24) is 19.1 Å². The molecule has 0 aliphatic carbocycles. The Balaban J connectivity index is 1.96. The van der Waals surface area contributed by atoms with Gasteiger partial charge in [0.2, 0.25) is 10.0 Å². The van der Waals surface area contributed by atoms with Gasteiger partial charge in [-0.2, -0.15) is 0 Å². The number of pyridine rings is 1. The molecule has 0 radical (unpaired) electrons. The summed E-state index contributed by atoms with van der Waals surface area (Å²) in [5, 5.41) is 0. The largest absolute Gasteiger partial charge is 0.305 e. The number of hydrogen-bond donors (Lipinski definition) is 0. The van der Waals surface area contributed by atoms with Crippen molar-refractivity contribution >= 4 is 10.0 Å². The lowest BCUT2D eigenvalue weighted by Crippen LogP contribution is -2.35. The van der Waals surface area contributed by atoms with Gasteiger partial charge < -0.3 is 4.90 Å². The molecule has 1 aromatic heterocycles. The Labute approximate surface area is 140 Å². The molecule has 0 N–H and O–H groups in total. The Morgan fingerprint density at radius 3 is 2.70 bits per heavy atom. The Bertz CT molecular complexity index is 591. The first-order chi connectivity index (χ1) is 10.8. The number of aromatic nitrogens is 1. The van der Waals surface area contributed by atoms with Gasteiger partial charge in [0.15, 0.2) is 0 Å². The Morgan fingerprint density at radius 1 is 1.35 bits per heavy atom. The van der Waals surface area contributed by atoms with Crippen LogP contribution in [0.2, 0.25) is 0 Å². The molecule has 0 spiro atoms. The summed E-state index contributed by atoms with van der Waals surface area (Å²) in [7, 11) is 4.18. The molecule has 1 aliphatic heterocycles. The summed E-state index contributed by atoms with van der Waals surface area (Å²) < 4.78 is 25.1. The van der Waals surface area contributed by atoms with Crippen LogP contribution in [0, 0.1) is 5.92 Å². The minimum absolute atomic E-state index is 0.163. The van der Waals surface area contributed by atoms with Gasteiger partial charge in [-0.15, -0.1) is 0 Å². The lowest BCUT2D eigenvalue weighted by atomic mass is 9.94. The van der Waals surface area contributed by atoms with Crippen LogP contribution in [0.1, 0.15) is 18.0 Å². The van der Waals surface area contributed by atoms with E-state index in [9.17, 15) is 8.42 Å². The molecule has 2 atom stereocenters. The van der Waals surface area contributed by atoms with Gasteiger partial charge >= 0.3 is 0 Å². The van der Waals surface area contributed by atoms with Gasteiger partial charge in [0.25, 0.3) is 0 Å². The third kappa shape index (κ3) is 4.73. The van der Waals surface area contributed by atoms with Gasteiger partial charge in [-0.1, -0.05) is 6.07 Å². The minimum Gasteiger partial charge on any atom is -0.305 e.